The Kier molecular flexibility index (Phi) is 14.4. The summed E-state index contributed by atoms with van der Waals surface area (Å²) >= 11 is 0. The predicted octanol–water partition coefficient (Wildman–Crippen LogP) is 4.00. The molecule has 0 aromatic carbocycles. The van der Waals surface area contributed by atoms with E-state index in [1.54, 1.807) is 55.4 Å². The van der Waals surface area contributed by atoms with Crippen molar-refractivity contribution in [3.05, 3.63) is 0 Å². The summed E-state index contributed by atoms with van der Waals surface area (Å²) in [6.45, 7) is 12.8. The Bertz CT molecular complexity index is 753. The molecule has 0 spiro atoms. The summed E-state index contributed by atoms with van der Waals surface area (Å²) in [6.07, 6.45) is -5.14. The van der Waals surface area contributed by atoms with E-state index in [0.717, 1.165) is 4.90 Å². The van der Waals surface area contributed by atoms with Crippen LogP contribution in [-0.2, 0) is 37.4 Å². The highest BCUT2D eigenvalue weighted by Crippen LogP contribution is 2.49. The first-order valence-electron chi connectivity index (χ1n) is 11.5. The van der Waals surface area contributed by atoms with E-state index >= 15 is 0 Å². The van der Waals surface area contributed by atoms with Crippen molar-refractivity contribution in [1.82, 2.24) is 9.99 Å². The number of hydrogen-bond acceptors (Lipinski definition) is 11. The van der Waals surface area contributed by atoms with E-state index in [-0.39, 0.29) is 13.2 Å². The Morgan fingerprint density at radius 3 is 1.53 bits per heavy atom. The van der Waals surface area contributed by atoms with Crippen molar-refractivity contribution in [2.45, 2.75) is 74.0 Å². The van der Waals surface area contributed by atoms with Gasteiger partial charge in [-0.15, -0.1) is 0 Å². The monoisotopic (exact) mass is 541 g/mol. The van der Waals surface area contributed by atoms with E-state index in [1.165, 1.54) is 7.05 Å². The molecule has 0 amide bonds. The van der Waals surface area contributed by atoms with Crippen LogP contribution in [0.4, 0.5) is 9.59 Å². The standard InChI is InChI=1S/C21H40N3O11P/c1-10-30-20(27)32-17(13(5)6)34-36(29,35-18(14(7)8)33-21(28)31-11-2)23-19(22)24(9)15(12(3)4)16(25)26/h12-15,17-18H,10-11H2,1-9H3,(H,25,26)(H2,22,23,29). The van der Waals surface area contributed by atoms with Crippen LogP contribution in [0.1, 0.15) is 55.4 Å². The van der Waals surface area contributed by atoms with Gasteiger partial charge in [0.15, 0.2) is 0 Å². The average Bonchev–Trinajstić information content (AvgIpc) is 2.72. The summed E-state index contributed by atoms with van der Waals surface area (Å²) < 4.78 is 44.6. The summed E-state index contributed by atoms with van der Waals surface area (Å²) in [6, 6.07) is -1.16. The molecule has 36 heavy (non-hydrogen) atoms. The average molecular weight is 542 g/mol. The van der Waals surface area contributed by atoms with Crippen molar-refractivity contribution in [2.75, 3.05) is 20.3 Å². The molecule has 3 unspecified atom stereocenters. The van der Waals surface area contributed by atoms with Crippen LogP contribution in [-0.4, -0.2) is 73.1 Å². The van der Waals surface area contributed by atoms with E-state index in [4.69, 9.17) is 33.4 Å². The van der Waals surface area contributed by atoms with E-state index in [0.29, 0.717) is 0 Å². The quantitative estimate of drug-likeness (QED) is 0.0943. The van der Waals surface area contributed by atoms with Gasteiger partial charge in [0.2, 0.25) is 18.5 Å². The molecule has 3 atom stereocenters. The number of aliphatic carboxylic acids is 1. The highest BCUT2D eigenvalue weighted by molar-refractivity contribution is 7.52. The Balaban J connectivity index is 6.17. The molecule has 14 nitrogen and oxygen atoms in total. The van der Waals surface area contributed by atoms with Crippen LogP contribution in [0, 0.1) is 23.2 Å². The summed E-state index contributed by atoms with van der Waals surface area (Å²) in [5.74, 6) is -3.40. The molecule has 0 fully saturated rings. The summed E-state index contributed by atoms with van der Waals surface area (Å²) in [4.78, 5) is 36.5. The maximum atomic E-state index is 13.9. The van der Waals surface area contributed by atoms with Gasteiger partial charge in [-0.1, -0.05) is 41.5 Å². The number of carbonyl (C=O) groups excluding carboxylic acids is 2. The Morgan fingerprint density at radius 1 is 0.861 bits per heavy atom. The maximum absolute atomic E-state index is 13.9. The molecular weight excluding hydrogens is 501 g/mol. The maximum Gasteiger partial charge on any atom is 0.510 e. The zero-order valence-corrected chi connectivity index (χ0v) is 23.2. The van der Waals surface area contributed by atoms with Crippen molar-refractivity contribution in [3.63, 3.8) is 0 Å². The van der Waals surface area contributed by atoms with Gasteiger partial charge >= 0.3 is 26.0 Å². The van der Waals surface area contributed by atoms with Crippen LogP contribution in [0.2, 0.25) is 0 Å². The van der Waals surface area contributed by atoms with Crippen LogP contribution in [0.3, 0.4) is 0 Å². The van der Waals surface area contributed by atoms with E-state index < -0.39 is 68.4 Å². The first-order valence-corrected chi connectivity index (χ1v) is 13.1. The van der Waals surface area contributed by atoms with E-state index in [9.17, 15) is 24.1 Å². The van der Waals surface area contributed by atoms with Crippen molar-refractivity contribution < 1.29 is 52.1 Å². The molecule has 0 aromatic rings. The van der Waals surface area contributed by atoms with Crippen LogP contribution in [0.25, 0.3) is 0 Å². The van der Waals surface area contributed by atoms with Crippen LogP contribution < -0.4 is 5.09 Å². The fourth-order valence-corrected chi connectivity index (χ4v) is 4.34. The van der Waals surface area contributed by atoms with Gasteiger partial charge in [0.25, 0.3) is 0 Å². The lowest BCUT2D eigenvalue weighted by atomic mass is 10.0. The van der Waals surface area contributed by atoms with Gasteiger partial charge in [0, 0.05) is 18.9 Å². The number of rotatable bonds is 14. The first kappa shape index (κ1) is 33.4. The van der Waals surface area contributed by atoms with Gasteiger partial charge in [-0.2, -0.15) is 0 Å². The van der Waals surface area contributed by atoms with Gasteiger partial charge < -0.3 is 29.0 Å². The molecule has 0 aliphatic carbocycles. The fraction of sp³-hybridized carbons (Fsp3) is 0.810. The molecule has 0 aliphatic rings. The number of likely N-dealkylation sites (N-methyl/N-ethyl adjacent to an activating group) is 1. The second-order valence-corrected chi connectivity index (χ2v) is 10.3. The van der Waals surface area contributed by atoms with Crippen LogP contribution in [0.15, 0.2) is 0 Å². The van der Waals surface area contributed by atoms with Crippen molar-refractivity contribution in [3.8, 4) is 0 Å². The second kappa shape index (κ2) is 15.5. The molecular formula is C21H40N3O11P. The molecule has 0 bridgehead atoms. The molecule has 0 heterocycles. The number of guanidine groups is 1. The number of carboxylic acid groups (broad SMARTS) is 1. The molecule has 0 saturated heterocycles. The van der Waals surface area contributed by atoms with Gasteiger partial charge in [-0.3, -0.25) is 19.5 Å². The minimum absolute atomic E-state index is 0.0140. The normalized spacial score (nSPS) is 15.4. The minimum Gasteiger partial charge on any atom is -0.480 e. The van der Waals surface area contributed by atoms with Crippen LogP contribution >= 0.6 is 7.75 Å². The lowest BCUT2D eigenvalue weighted by Crippen LogP contribution is -2.50. The summed E-state index contributed by atoms with van der Waals surface area (Å²) in [7, 11) is -3.37. The number of ether oxygens (including phenoxy) is 4. The van der Waals surface area contributed by atoms with Gasteiger partial charge in [0.05, 0.1) is 13.2 Å². The van der Waals surface area contributed by atoms with Gasteiger partial charge in [0.1, 0.15) is 6.04 Å². The second-order valence-electron chi connectivity index (χ2n) is 8.63. The third-order valence-electron chi connectivity index (χ3n) is 4.42. The third kappa shape index (κ3) is 11.4. The Morgan fingerprint density at radius 2 is 1.25 bits per heavy atom. The molecule has 0 aromatic heterocycles. The molecule has 3 N–H and O–H groups in total. The molecule has 0 saturated carbocycles. The highest BCUT2D eigenvalue weighted by Gasteiger charge is 2.41. The van der Waals surface area contributed by atoms with E-state index in [2.05, 4.69) is 5.09 Å². The lowest BCUT2D eigenvalue weighted by molar-refractivity contribution is -0.143. The zero-order chi connectivity index (χ0) is 28.2. The van der Waals surface area contributed by atoms with Crippen molar-refractivity contribution in [2.24, 2.45) is 17.8 Å². The van der Waals surface area contributed by atoms with Crippen LogP contribution in [0.5, 0.6) is 0 Å². The third-order valence-corrected chi connectivity index (χ3v) is 5.88. The number of nitrogens with zero attached hydrogens (tertiary/aromatic N) is 1. The zero-order valence-electron chi connectivity index (χ0n) is 22.3. The molecule has 0 radical (unpaired) electrons. The lowest BCUT2D eigenvalue weighted by Gasteiger charge is -2.34. The van der Waals surface area contributed by atoms with Crippen molar-refractivity contribution >= 4 is 32.0 Å². The molecule has 210 valence electrons. The highest BCUT2D eigenvalue weighted by atomic mass is 31.2. The number of hydrogen-bond donors (Lipinski definition) is 3. The Hall–Kier alpha value is -2.57. The largest absolute Gasteiger partial charge is 0.510 e. The van der Waals surface area contributed by atoms with E-state index in [1.807, 2.05) is 0 Å². The minimum atomic E-state index is -4.67. The summed E-state index contributed by atoms with van der Waals surface area (Å²) in [5.41, 5.74) is 0. The number of carbonyl (C=O) groups is 3. The Labute approximate surface area is 212 Å². The fourth-order valence-electron chi connectivity index (χ4n) is 2.65. The molecule has 0 rings (SSSR count). The number of nitrogens with one attached hydrogen (secondary N) is 2. The SMILES string of the molecule is CCOC(=O)OC(OP(=O)(NC(=N)N(C)C(C(=O)O)C(C)C)OC(OC(=O)OCC)C(C)C)C(C)C. The number of carboxylic acids is 1. The van der Waals surface area contributed by atoms with Crippen molar-refractivity contribution in [1.29, 1.82) is 5.41 Å². The molecule has 15 heteroatoms. The predicted molar refractivity (Wildman–Crippen MR) is 128 cm³/mol. The summed E-state index contributed by atoms with van der Waals surface area (Å²) in [5, 5.41) is 20.2. The molecule has 0 aliphatic heterocycles. The first-order chi connectivity index (χ1) is 16.6. The van der Waals surface area contributed by atoms with Gasteiger partial charge in [-0.05, 0) is 19.8 Å². The topological polar surface area (TPSA) is 183 Å². The smallest absolute Gasteiger partial charge is 0.480 e. The van der Waals surface area contributed by atoms with Gasteiger partial charge in [-0.25, -0.2) is 18.9 Å².